The zero-order chi connectivity index (χ0) is 19.2. The van der Waals surface area contributed by atoms with Crippen LogP contribution in [0, 0.1) is 5.41 Å². The number of hydrogen-bond acceptors (Lipinski definition) is 3. The van der Waals surface area contributed by atoms with Gasteiger partial charge in [-0.2, -0.15) is 0 Å². The number of aliphatic hydroxyl groups is 1. The molecule has 2 aromatic rings. The number of piperidine rings is 2. The molecule has 2 fully saturated rings. The van der Waals surface area contributed by atoms with E-state index in [1.807, 2.05) is 30.3 Å². The third kappa shape index (κ3) is 3.12. The monoisotopic (exact) mass is 369 g/mol. The van der Waals surface area contributed by atoms with Gasteiger partial charge in [-0.05, 0) is 30.9 Å². The predicted octanol–water partition coefficient (Wildman–Crippen LogP) is 1.55. The summed E-state index contributed by atoms with van der Waals surface area (Å²) in [6.07, 6.45) is 3.73. The number of carbonyl (C=O) groups is 2. The lowest BCUT2D eigenvalue weighted by atomic mass is 9.71. The van der Waals surface area contributed by atoms with E-state index in [0.29, 0.717) is 45.3 Å². The fraction of sp³-hybridized carbons (Fsp3) is 0.524. The number of nitrogens with zero attached hydrogens (tertiary/aromatic N) is 3. The van der Waals surface area contributed by atoms with E-state index < -0.39 is 11.5 Å². The van der Waals surface area contributed by atoms with Gasteiger partial charge in [0.25, 0.3) is 0 Å². The van der Waals surface area contributed by atoms with Crippen LogP contribution in [0.15, 0.2) is 30.5 Å². The molecule has 0 radical (unpaired) electrons. The Balaban J connectivity index is 1.45. The first-order chi connectivity index (χ1) is 12.9. The molecular weight excluding hydrogens is 342 g/mol. The number of likely N-dealkylation sites (tertiary alicyclic amines) is 2. The molecular formula is C21H27N3O3. The summed E-state index contributed by atoms with van der Waals surface area (Å²) < 4.78 is 2.06. The van der Waals surface area contributed by atoms with Crippen molar-refractivity contribution in [1.82, 2.24) is 14.4 Å². The number of aliphatic hydroxyl groups excluding tert-OH is 1. The molecule has 1 N–H and O–H groups in total. The van der Waals surface area contributed by atoms with Gasteiger partial charge in [0.05, 0.1) is 17.9 Å². The van der Waals surface area contributed by atoms with Crippen molar-refractivity contribution in [2.45, 2.75) is 31.8 Å². The van der Waals surface area contributed by atoms with E-state index in [0.717, 1.165) is 16.5 Å². The minimum atomic E-state index is -0.497. The van der Waals surface area contributed by atoms with Crippen LogP contribution >= 0.6 is 0 Å². The fourth-order valence-corrected chi connectivity index (χ4v) is 4.85. The lowest BCUT2D eigenvalue weighted by Gasteiger charge is -2.47. The lowest BCUT2D eigenvalue weighted by Crippen LogP contribution is -2.57. The normalized spacial score (nSPS) is 22.6. The number of amides is 2. The molecule has 2 saturated heterocycles. The maximum Gasteiger partial charge on any atom is 0.228 e. The van der Waals surface area contributed by atoms with Gasteiger partial charge in [-0.3, -0.25) is 9.59 Å². The Bertz CT molecular complexity index is 880. The standard InChI is InChI=1S/C21H27N3O3/c1-22-13-15(17-5-3-4-6-18(17)22)11-19(26)24-9-7-21(8-10-24)12-16(25)14-23(2)20(21)27/h3-6,13,16,25H,7-12,14H2,1-2H3. The van der Waals surface area contributed by atoms with Crippen LogP contribution in [0.1, 0.15) is 24.8 Å². The molecule has 27 heavy (non-hydrogen) atoms. The van der Waals surface area contributed by atoms with Crippen LogP contribution in [0.3, 0.4) is 0 Å². The molecule has 1 aromatic carbocycles. The summed E-state index contributed by atoms with van der Waals surface area (Å²) in [6.45, 7) is 1.57. The predicted molar refractivity (Wildman–Crippen MR) is 103 cm³/mol. The molecule has 2 amide bonds. The second kappa shape index (κ2) is 6.68. The summed E-state index contributed by atoms with van der Waals surface area (Å²) in [5.41, 5.74) is 1.67. The van der Waals surface area contributed by atoms with E-state index >= 15 is 0 Å². The van der Waals surface area contributed by atoms with E-state index in [-0.39, 0.29) is 11.8 Å². The summed E-state index contributed by atoms with van der Waals surface area (Å²) in [7, 11) is 3.75. The van der Waals surface area contributed by atoms with Crippen LogP contribution in [0.4, 0.5) is 0 Å². The molecule has 1 unspecified atom stereocenters. The van der Waals surface area contributed by atoms with E-state index in [1.54, 1.807) is 11.9 Å². The van der Waals surface area contributed by atoms with Gasteiger partial charge in [-0.25, -0.2) is 0 Å². The number of aromatic nitrogens is 1. The molecule has 1 aromatic heterocycles. The first-order valence-corrected chi connectivity index (χ1v) is 9.64. The molecule has 6 heteroatoms. The summed E-state index contributed by atoms with van der Waals surface area (Å²) >= 11 is 0. The highest BCUT2D eigenvalue weighted by Gasteiger charge is 2.47. The van der Waals surface area contributed by atoms with Crippen molar-refractivity contribution in [3.8, 4) is 0 Å². The number of para-hydroxylation sites is 1. The molecule has 4 rings (SSSR count). The molecule has 2 aliphatic heterocycles. The zero-order valence-electron chi connectivity index (χ0n) is 16.0. The average Bonchev–Trinajstić information content (AvgIpc) is 2.96. The van der Waals surface area contributed by atoms with Crippen LogP contribution in [0.5, 0.6) is 0 Å². The molecule has 0 bridgehead atoms. The number of benzene rings is 1. The van der Waals surface area contributed by atoms with Crippen molar-refractivity contribution in [2.75, 3.05) is 26.7 Å². The number of carbonyl (C=O) groups excluding carboxylic acids is 2. The van der Waals surface area contributed by atoms with Gasteiger partial charge in [-0.1, -0.05) is 18.2 Å². The minimum Gasteiger partial charge on any atom is -0.391 e. The molecule has 6 nitrogen and oxygen atoms in total. The van der Waals surface area contributed by atoms with Crippen LogP contribution < -0.4 is 0 Å². The Hall–Kier alpha value is -2.34. The van der Waals surface area contributed by atoms with Gasteiger partial charge in [0.15, 0.2) is 0 Å². The summed E-state index contributed by atoms with van der Waals surface area (Å²) in [5.74, 6) is 0.229. The number of hydrogen-bond donors (Lipinski definition) is 1. The highest BCUT2D eigenvalue weighted by Crippen LogP contribution is 2.40. The Kier molecular flexibility index (Phi) is 4.46. The quantitative estimate of drug-likeness (QED) is 0.874. The first kappa shape index (κ1) is 18.0. The Morgan fingerprint density at radius 2 is 1.93 bits per heavy atom. The van der Waals surface area contributed by atoms with Crippen molar-refractivity contribution in [3.63, 3.8) is 0 Å². The van der Waals surface area contributed by atoms with Crippen molar-refractivity contribution in [2.24, 2.45) is 12.5 Å². The topological polar surface area (TPSA) is 65.8 Å². The smallest absolute Gasteiger partial charge is 0.228 e. The second-order valence-corrected chi connectivity index (χ2v) is 8.16. The van der Waals surface area contributed by atoms with Gasteiger partial charge in [0, 0.05) is 50.8 Å². The van der Waals surface area contributed by atoms with Crippen LogP contribution in [0.25, 0.3) is 10.9 Å². The molecule has 3 heterocycles. The number of fused-ring (bicyclic) bond motifs is 1. The SMILES string of the molecule is CN1CC(O)CC2(CCN(C(=O)Cc3cn(C)c4ccccc34)CC2)C1=O. The molecule has 144 valence electrons. The van der Waals surface area contributed by atoms with Gasteiger partial charge >= 0.3 is 0 Å². The highest BCUT2D eigenvalue weighted by atomic mass is 16.3. The van der Waals surface area contributed by atoms with Gasteiger partial charge < -0.3 is 19.5 Å². The number of aryl methyl sites for hydroxylation is 1. The fourth-order valence-electron chi connectivity index (χ4n) is 4.85. The highest BCUT2D eigenvalue weighted by molar-refractivity contribution is 5.89. The summed E-state index contributed by atoms with van der Waals surface area (Å²) in [4.78, 5) is 29.1. The van der Waals surface area contributed by atoms with Crippen molar-refractivity contribution in [3.05, 3.63) is 36.0 Å². The summed E-state index contributed by atoms with van der Waals surface area (Å²) in [5, 5.41) is 11.2. The van der Waals surface area contributed by atoms with Crippen LogP contribution in [0.2, 0.25) is 0 Å². The van der Waals surface area contributed by atoms with Crippen LogP contribution in [-0.4, -0.2) is 64.1 Å². The first-order valence-electron chi connectivity index (χ1n) is 9.64. The molecule has 1 spiro atoms. The number of rotatable bonds is 2. The molecule has 1 atom stereocenters. The number of β-amino-alcohol motifs (C(OH)–C–C–N with tert-alkyl or cyclic N) is 1. The Labute approximate surface area is 159 Å². The average molecular weight is 369 g/mol. The maximum atomic E-state index is 12.9. The molecule has 2 aliphatic rings. The minimum absolute atomic E-state index is 0.110. The van der Waals surface area contributed by atoms with E-state index in [2.05, 4.69) is 16.7 Å². The molecule has 0 aliphatic carbocycles. The Morgan fingerprint density at radius 3 is 2.67 bits per heavy atom. The van der Waals surface area contributed by atoms with E-state index in [1.165, 1.54) is 0 Å². The van der Waals surface area contributed by atoms with Crippen molar-refractivity contribution in [1.29, 1.82) is 0 Å². The van der Waals surface area contributed by atoms with Crippen molar-refractivity contribution < 1.29 is 14.7 Å². The van der Waals surface area contributed by atoms with E-state index in [9.17, 15) is 14.7 Å². The maximum absolute atomic E-state index is 12.9. The second-order valence-electron chi connectivity index (χ2n) is 8.16. The van der Waals surface area contributed by atoms with Crippen LogP contribution in [-0.2, 0) is 23.1 Å². The lowest BCUT2D eigenvalue weighted by molar-refractivity contribution is -0.156. The largest absolute Gasteiger partial charge is 0.391 e. The van der Waals surface area contributed by atoms with Crippen molar-refractivity contribution >= 4 is 22.7 Å². The summed E-state index contributed by atoms with van der Waals surface area (Å²) in [6, 6.07) is 8.12. The van der Waals surface area contributed by atoms with E-state index in [4.69, 9.17) is 0 Å². The zero-order valence-corrected chi connectivity index (χ0v) is 16.0. The number of likely N-dealkylation sites (N-methyl/N-ethyl adjacent to an activating group) is 1. The van der Waals surface area contributed by atoms with Gasteiger partial charge in [0.1, 0.15) is 0 Å². The Morgan fingerprint density at radius 1 is 1.22 bits per heavy atom. The third-order valence-electron chi connectivity index (χ3n) is 6.31. The molecule has 0 saturated carbocycles. The third-order valence-corrected chi connectivity index (χ3v) is 6.31. The van der Waals surface area contributed by atoms with Gasteiger partial charge in [-0.15, -0.1) is 0 Å². The van der Waals surface area contributed by atoms with Gasteiger partial charge in [0.2, 0.25) is 11.8 Å².